The van der Waals surface area contributed by atoms with E-state index in [4.69, 9.17) is 5.73 Å². The van der Waals surface area contributed by atoms with Crippen molar-refractivity contribution in [3.8, 4) is 0 Å². The standard InChI is InChI=1S/C11H21NO/c1-2-3-7-11(13)10-6-4-5-9(10)8-12/h9-10H,2-8,12H2,1H3. The summed E-state index contributed by atoms with van der Waals surface area (Å²) in [5, 5.41) is 0. The molecule has 1 saturated carbocycles. The largest absolute Gasteiger partial charge is 0.330 e. The van der Waals surface area contributed by atoms with Gasteiger partial charge in [0, 0.05) is 12.3 Å². The van der Waals surface area contributed by atoms with Crippen LogP contribution in [0.2, 0.25) is 0 Å². The molecule has 2 N–H and O–H groups in total. The summed E-state index contributed by atoms with van der Waals surface area (Å²) >= 11 is 0. The quantitative estimate of drug-likeness (QED) is 0.709. The van der Waals surface area contributed by atoms with Gasteiger partial charge in [0.05, 0.1) is 0 Å². The maximum atomic E-state index is 11.7. The van der Waals surface area contributed by atoms with Crippen molar-refractivity contribution in [3.63, 3.8) is 0 Å². The molecule has 1 aliphatic rings. The minimum absolute atomic E-state index is 0.302. The number of carbonyl (C=O) groups is 1. The number of carbonyl (C=O) groups excluding carboxylic acids is 1. The first-order valence-electron chi connectivity index (χ1n) is 5.52. The number of rotatable bonds is 5. The van der Waals surface area contributed by atoms with E-state index in [0.29, 0.717) is 24.2 Å². The third-order valence-corrected chi connectivity index (χ3v) is 3.15. The highest BCUT2D eigenvalue weighted by Crippen LogP contribution is 2.32. The van der Waals surface area contributed by atoms with E-state index in [-0.39, 0.29) is 0 Å². The molecule has 0 aliphatic heterocycles. The highest BCUT2D eigenvalue weighted by molar-refractivity contribution is 5.81. The molecule has 1 aliphatic carbocycles. The molecular formula is C11H21NO. The Bertz CT molecular complexity index is 167. The van der Waals surface area contributed by atoms with E-state index in [9.17, 15) is 4.79 Å². The Kier molecular flexibility index (Phi) is 4.43. The van der Waals surface area contributed by atoms with E-state index in [1.807, 2.05) is 0 Å². The Labute approximate surface area is 80.9 Å². The Morgan fingerprint density at radius 1 is 1.46 bits per heavy atom. The molecule has 0 saturated heterocycles. The highest BCUT2D eigenvalue weighted by atomic mass is 16.1. The van der Waals surface area contributed by atoms with Gasteiger partial charge in [-0.25, -0.2) is 0 Å². The zero-order valence-electron chi connectivity index (χ0n) is 8.59. The fourth-order valence-electron chi connectivity index (χ4n) is 2.28. The number of hydrogen-bond acceptors (Lipinski definition) is 2. The molecule has 0 radical (unpaired) electrons. The summed E-state index contributed by atoms with van der Waals surface area (Å²) in [5.74, 6) is 1.26. The lowest BCUT2D eigenvalue weighted by molar-refractivity contribution is -0.123. The van der Waals surface area contributed by atoms with E-state index in [2.05, 4.69) is 6.92 Å². The minimum atomic E-state index is 0.302. The van der Waals surface area contributed by atoms with Crippen LogP contribution >= 0.6 is 0 Å². The maximum Gasteiger partial charge on any atom is 0.136 e. The number of nitrogens with two attached hydrogens (primary N) is 1. The molecule has 2 unspecified atom stereocenters. The summed E-state index contributed by atoms with van der Waals surface area (Å²) in [6.07, 6.45) is 6.39. The van der Waals surface area contributed by atoms with Crippen molar-refractivity contribution in [1.29, 1.82) is 0 Å². The second-order valence-corrected chi connectivity index (χ2v) is 4.10. The van der Waals surface area contributed by atoms with Crippen LogP contribution in [-0.4, -0.2) is 12.3 Å². The third-order valence-electron chi connectivity index (χ3n) is 3.15. The van der Waals surface area contributed by atoms with Crippen molar-refractivity contribution in [2.24, 2.45) is 17.6 Å². The Hall–Kier alpha value is -0.370. The normalized spacial score (nSPS) is 27.8. The van der Waals surface area contributed by atoms with Gasteiger partial charge in [0.2, 0.25) is 0 Å². The molecule has 76 valence electrons. The van der Waals surface area contributed by atoms with Crippen LogP contribution in [-0.2, 0) is 4.79 Å². The molecule has 2 nitrogen and oxygen atoms in total. The predicted molar refractivity (Wildman–Crippen MR) is 54.4 cm³/mol. The van der Waals surface area contributed by atoms with Crippen LogP contribution in [0.4, 0.5) is 0 Å². The second kappa shape index (κ2) is 5.38. The number of ketones is 1. The lowest BCUT2D eigenvalue weighted by Crippen LogP contribution is -2.24. The fourth-order valence-corrected chi connectivity index (χ4v) is 2.28. The molecule has 0 amide bonds. The van der Waals surface area contributed by atoms with Gasteiger partial charge >= 0.3 is 0 Å². The third kappa shape index (κ3) is 2.80. The van der Waals surface area contributed by atoms with E-state index in [0.717, 1.165) is 25.7 Å². The molecule has 0 aromatic heterocycles. The van der Waals surface area contributed by atoms with Crippen molar-refractivity contribution in [3.05, 3.63) is 0 Å². The molecule has 0 spiro atoms. The molecule has 13 heavy (non-hydrogen) atoms. The molecule has 1 rings (SSSR count). The molecule has 0 aromatic rings. The summed E-state index contributed by atoms with van der Waals surface area (Å²) in [6.45, 7) is 2.82. The van der Waals surface area contributed by atoms with Crippen LogP contribution in [0.15, 0.2) is 0 Å². The Morgan fingerprint density at radius 3 is 2.85 bits per heavy atom. The van der Waals surface area contributed by atoms with Crippen LogP contribution in [0.1, 0.15) is 45.4 Å². The number of Topliss-reactive ketones (excluding diaryl/α,β-unsaturated/α-hetero) is 1. The average Bonchev–Trinajstić information content (AvgIpc) is 2.61. The summed E-state index contributed by atoms with van der Waals surface area (Å²) < 4.78 is 0. The summed E-state index contributed by atoms with van der Waals surface area (Å²) in [4.78, 5) is 11.7. The SMILES string of the molecule is CCCCC(=O)C1CCCC1CN. The van der Waals surface area contributed by atoms with E-state index in [1.54, 1.807) is 0 Å². The van der Waals surface area contributed by atoms with Gasteiger partial charge in [-0.1, -0.05) is 19.8 Å². The van der Waals surface area contributed by atoms with Crippen molar-refractivity contribution in [1.82, 2.24) is 0 Å². The van der Waals surface area contributed by atoms with Crippen molar-refractivity contribution < 1.29 is 4.79 Å². The Morgan fingerprint density at radius 2 is 2.23 bits per heavy atom. The Balaban J connectivity index is 2.36. The van der Waals surface area contributed by atoms with Crippen molar-refractivity contribution in [2.45, 2.75) is 45.4 Å². The summed E-state index contributed by atoms with van der Waals surface area (Å²) in [6, 6.07) is 0. The minimum Gasteiger partial charge on any atom is -0.330 e. The molecular weight excluding hydrogens is 162 g/mol. The zero-order chi connectivity index (χ0) is 9.68. The first-order valence-corrected chi connectivity index (χ1v) is 5.52. The van der Waals surface area contributed by atoms with Gasteiger partial charge in [0.1, 0.15) is 5.78 Å². The van der Waals surface area contributed by atoms with Gasteiger partial charge in [-0.05, 0) is 31.7 Å². The summed E-state index contributed by atoms with van der Waals surface area (Å²) in [7, 11) is 0. The molecule has 1 fully saturated rings. The average molecular weight is 183 g/mol. The van der Waals surface area contributed by atoms with E-state index in [1.165, 1.54) is 12.8 Å². The zero-order valence-corrected chi connectivity index (χ0v) is 8.59. The topological polar surface area (TPSA) is 43.1 Å². The van der Waals surface area contributed by atoms with Crippen LogP contribution in [0.3, 0.4) is 0 Å². The van der Waals surface area contributed by atoms with Crippen LogP contribution < -0.4 is 5.73 Å². The van der Waals surface area contributed by atoms with Gasteiger partial charge in [-0.3, -0.25) is 4.79 Å². The molecule has 2 atom stereocenters. The van der Waals surface area contributed by atoms with Crippen molar-refractivity contribution in [2.75, 3.05) is 6.54 Å². The van der Waals surface area contributed by atoms with Crippen LogP contribution in [0.5, 0.6) is 0 Å². The molecule has 2 heteroatoms. The molecule has 0 bridgehead atoms. The predicted octanol–water partition coefficient (Wildman–Crippen LogP) is 2.12. The lowest BCUT2D eigenvalue weighted by atomic mass is 9.90. The van der Waals surface area contributed by atoms with Crippen LogP contribution in [0.25, 0.3) is 0 Å². The fraction of sp³-hybridized carbons (Fsp3) is 0.909. The van der Waals surface area contributed by atoms with Gasteiger partial charge in [0.25, 0.3) is 0 Å². The second-order valence-electron chi connectivity index (χ2n) is 4.10. The van der Waals surface area contributed by atoms with Crippen LogP contribution in [0, 0.1) is 11.8 Å². The lowest BCUT2D eigenvalue weighted by Gasteiger charge is -2.15. The van der Waals surface area contributed by atoms with Crippen molar-refractivity contribution >= 4 is 5.78 Å². The number of hydrogen-bond donors (Lipinski definition) is 1. The first kappa shape index (κ1) is 10.7. The van der Waals surface area contributed by atoms with Gasteiger partial charge in [-0.15, -0.1) is 0 Å². The van der Waals surface area contributed by atoms with Gasteiger partial charge in [0.15, 0.2) is 0 Å². The highest BCUT2D eigenvalue weighted by Gasteiger charge is 2.30. The molecule has 0 heterocycles. The van der Waals surface area contributed by atoms with E-state index >= 15 is 0 Å². The van der Waals surface area contributed by atoms with E-state index < -0.39 is 0 Å². The van der Waals surface area contributed by atoms with Gasteiger partial charge in [-0.2, -0.15) is 0 Å². The maximum absolute atomic E-state index is 11.7. The first-order chi connectivity index (χ1) is 6.29. The monoisotopic (exact) mass is 183 g/mol. The number of unbranched alkanes of at least 4 members (excludes halogenated alkanes) is 1. The smallest absolute Gasteiger partial charge is 0.136 e. The van der Waals surface area contributed by atoms with Gasteiger partial charge < -0.3 is 5.73 Å². The summed E-state index contributed by atoms with van der Waals surface area (Å²) in [5.41, 5.74) is 5.64. The molecule has 0 aromatic carbocycles.